The Bertz CT molecular complexity index is 491. The van der Waals surface area contributed by atoms with Crippen molar-refractivity contribution in [1.29, 1.82) is 0 Å². The summed E-state index contributed by atoms with van der Waals surface area (Å²) in [6.45, 7) is 1.39. The molecule has 0 saturated heterocycles. The zero-order chi connectivity index (χ0) is 13.5. The highest BCUT2D eigenvalue weighted by Gasteiger charge is 1.99. The summed E-state index contributed by atoms with van der Waals surface area (Å²) in [6.07, 6.45) is 1.50. The molecule has 0 atom stereocenters. The molecule has 0 aliphatic carbocycles. The first-order valence-corrected chi connectivity index (χ1v) is 5.05. The summed E-state index contributed by atoms with van der Waals surface area (Å²) in [5.74, 6) is -2.21. The molecule has 0 bridgehead atoms. The molecule has 2 N–H and O–H groups in total. The molecule has 6 nitrogen and oxygen atoms in total. The normalized spacial score (nSPS) is 10.1. The van der Waals surface area contributed by atoms with E-state index in [1.807, 2.05) is 0 Å². The molecule has 1 rings (SSSR count). The molecule has 2 amide bonds. The number of benzene rings is 1. The van der Waals surface area contributed by atoms with Crippen LogP contribution >= 0.6 is 0 Å². The Balaban J connectivity index is 2.61. The summed E-state index contributed by atoms with van der Waals surface area (Å²) < 4.78 is 0. The predicted molar refractivity (Wildman–Crippen MR) is 63.5 cm³/mol. The number of aliphatic carboxylic acids is 1. The zero-order valence-corrected chi connectivity index (χ0v) is 9.60. The monoisotopic (exact) mass is 247 g/mol. The molecule has 1 aromatic carbocycles. The van der Waals surface area contributed by atoms with Gasteiger partial charge < -0.3 is 20.5 Å². The number of nitrogens with one attached hydrogen (secondary N) is 2. The van der Waals surface area contributed by atoms with Crippen LogP contribution in [0.3, 0.4) is 0 Å². The van der Waals surface area contributed by atoms with Gasteiger partial charge in [-0.05, 0) is 30.3 Å². The molecule has 0 fully saturated rings. The average Bonchev–Trinajstić information content (AvgIpc) is 2.28. The lowest BCUT2D eigenvalue weighted by Gasteiger charge is -2.05. The first-order chi connectivity index (χ1) is 8.47. The summed E-state index contributed by atoms with van der Waals surface area (Å²) in [5.41, 5.74) is 1.09. The molecule has 0 heterocycles. The first kappa shape index (κ1) is 13.4. The Morgan fingerprint density at radius 1 is 1.00 bits per heavy atom. The number of carbonyl (C=O) groups excluding carboxylic acids is 3. The molecule has 0 unspecified atom stereocenters. The fraction of sp³-hybridized carbons (Fsp3) is 0.0833. The Kier molecular flexibility index (Phi) is 4.62. The molecule has 0 spiro atoms. The molecule has 0 saturated carbocycles. The Morgan fingerprint density at radius 3 is 1.94 bits per heavy atom. The van der Waals surface area contributed by atoms with Crippen molar-refractivity contribution in [2.24, 2.45) is 0 Å². The second kappa shape index (κ2) is 6.19. The lowest BCUT2D eigenvalue weighted by atomic mass is 10.2. The maximum absolute atomic E-state index is 11.2. The van der Waals surface area contributed by atoms with E-state index in [1.165, 1.54) is 6.92 Å². The third-order valence-electron chi connectivity index (χ3n) is 1.84. The molecule has 0 aromatic heterocycles. The van der Waals surface area contributed by atoms with Crippen molar-refractivity contribution in [2.45, 2.75) is 6.92 Å². The van der Waals surface area contributed by atoms with E-state index in [0.717, 1.165) is 6.08 Å². The van der Waals surface area contributed by atoms with E-state index in [1.54, 1.807) is 24.3 Å². The number of hydrogen-bond acceptors (Lipinski definition) is 4. The van der Waals surface area contributed by atoms with Crippen LogP contribution in [0.25, 0.3) is 0 Å². The number of hydrogen-bond donors (Lipinski definition) is 2. The van der Waals surface area contributed by atoms with Crippen molar-refractivity contribution in [3.8, 4) is 0 Å². The van der Waals surface area contributed by atoms with Crippen LogP contribution < -0.4 is 15.7 Å². The number of amides is 2. The van der Waals surface area contributed by atoms with Crippen molar-refractivity contribution >= 4 is 29.2 Å². The standard InChI is InChI=1S/C12H12N2O4/c1-8(15)13-9-2-4-10(5-3-9)14-11(16)6-7-12(17)18/h2-7H,1H3,(H,13,15)(H,14,16)(H,17,18)/p-1/b7-6+. The van der Waals surface area contributed by atoms with E-state index < -0.39 is 11.9 Å². The van der Waals surface area contributed by atoms with Crippen LogP contribution in [0.5, 0.6) is 0 Å². The average molecular weight is 247 g/mol. The minimum atomic E-state index is -1.44. The van der Waals surface area contributed by atoms with Crippen LogP contribution in [0.4, 0.5) is 11.4 Å². The Hall–Kier alpha value is -2.63. The van der Waals surface area contributed by atoms with Crippen LogP contribution in [0.1, 0.15) is 6.92 Å². The fourth-order valence-electron chi connectivity index (χ4n) is 1.17. The molecule has 6 heteroatoms. The fourth-order valence-corrected chi connectivity index (χ4v) is 1.17. The number of carbonyl (C=O) groups is 3. The van der Waals surface area contributed by atoms with Gasteiger partial charge in [-0.2, -0.15) is 0 Å². The summed E-state index contributed by atoms with van der Waals surface area (Å²) in [4.78, 5) is 32.1. The number of anilines is 2. The van der Waals surface area contributed by atoms with Crippen molar-refractivity contribution < 1.29 is 19.5 Å². The summed E-state index contributed by atoms with van der Waals surface area (Å²) in [6, 6.07) is 6.38. The topological polar surface area (TPSA) is 98.3 Å². The Morgan fingerprint density at radius 2 is 1.50 bits per heavy atom. The molecule has 0 radical (unpaired) electrons. The van der Waals surface area contributed by atoms with Gasteiger partial charge >= 0.3 is 0 Å². The SMILES string of the molecule is CC(=O)Nc1ccc(NC(=O)/C=C/C(=O)[O-])cc1. The van der Waals surface area contributed by atoms with Crippen LogP contribution in [-0.2, 0) is 14.4 Å². The molecule has 0 aliphatic heterocycles. The minimum Gasteiger partial charge on any atom is -0.545 e. The van der Waals surface area contributed by atoms with Gasteiger partial charge in [0.15, 0.2) is 0 Å². The third kappa shape index (κ3) is 4.93. The van der Waals surface area contributed by atoms with Gasteiger partial charge in [0.1, 0.15) is 0 Å². The lowest BCUT2D eigenvalue weighted by Crippen LogP contribution is -2.20. The zero-order valence-electron chi connectivity index (χ0n) is 9.60. The molecule has 0 aliphatic rings. The van der Waals surface area contributed by atoms with E-state index >= 15 is 0 Å². The van der Waals surface area contributed by atoms with E-state index in [4.69, 9.17) is 0 Å². The van der Waals surface area contributed by atoms with Gasteiger partial charge in [0.05, 0.1) is 5.97 Å². The van der Waals surface area contributed by atoms with Gasteiger partial charge in [0.25, 0.3) is 0 Å². The van der Waals surface area contributed by atoms with E-state index in [9.17, 15) is 19.5 Å². The van der Waals surface area contributed by atoms with E-state index in [2.05, 4.69) is 10.6 Å². The largest absolute Gasteiger partial charge is 0.545 e. The van der Waals surface area contributed by atoms with Crippen LogP contribution in [-0.4, -0.2) is 17.8 Å². The molecule has 18 heavy (non-hydrogen) atoms. The molecular weight excluding hydrogens is 236 g/mol. The van der Waals surface area contributed by atoms with E-state index in [0.29, 0.717) is 17.5 Å². The predicted octanol–water partition coefficient (Wildman–Crippen LogP) is -0.110. The van der Waals surface area contributed by atoms with Gasteiger partial charge in [0, 0.05) is 24.4 Å². The van der Waals surface area contributed by atoms with Gasteiger partial charge in [-0.1, -0.05) is 0 Å². The number of rotatable bonds is 4. The number of carboxylic acids is 1. The summed E-state index contributed by atoms with van der Waals surface area (Å²) in [7, 11) is 0. The highest BCUT2D eigenvalue weighted by Crippen LogP contribution is 2.13. The molecular formula is C12H11N2O4-. The first-order valence-electron chi connectivity index (χ1n) is 5.05. The van der Waals surface area contributed by atoms with Crippen molar-refractivity contribution in [3.05, 3.63) is 36.4 Å². The van der Waals surface area contributed by atoms with Crippen molar-refractivity contribution in [2.75, 3.05) is 10.6 Å². The van der Waals surface area contributed by atoms with Gasteiger partial charge in [-0.15, -0.1) is 0 Å². The lowest BCUT2D eigenvalue weighted by molar-refractivity contribution is -0.297. The maximum Gasteiger partial charge on any atom is 0.248 e. The van der Waals surface area contributed by atoms with Crippen molar-refractivity contribution in [3.63, 3.8) is 0 Å². The van der Waals surface area contributed by atoms with Gasteiger partial charge in [-0.25, -0.2) is 0 Å². The van der Waals surface area contributed by atoms with Crippen LogP contribution in [0.2, 0.25) is 0 Å². The second-order valence-corrected chi connectivity index (χ2v) is 3.40. The van der Waals surface area contributed by atoms with Crippen molar-refractivity contribution in [1.82, 2.24) is 0 Å². The van der Waals surface area contributed by atoms with E-state index in [-0.39, 0.29) is 5.91 Å². The summed E-state index contributed by atoms with van der Waals surface area (Å²) in [5, 5.41) is 15.1. The Labute approximate surface area is 103 Å². The molecule has 94 valence electrons. The minimum absolute atomic E-state index is 0.191. The maximum atomic E-state index is 11.2. The van der Waals surface area contributed by atoms with Crippen LogP contribution in [0, 0.1) is 0 Å². The smallest absolute Gasteiger partial charge is 0.248 e. The summed E-state index contributed by atoms with van der Waals surface area (Å²) >= 11 is 0. The van der Waals surface area contributed by atoms with Crippen LogP contribution in [0.15, 0.2) is 36.4 Å². The third-order valence-corrected chi connectivity index (χ3v) is 1.84. The highest BCUT2D eigenvalue weighted by molar-refractivity contribution is 6.02. The van der Waals surface area contributed by atoms with Gasteiger partial charge in [-0.3, -0.25) is 9.59 Å². The number of carboxylic acid groups (broad SMARTS) is 1. The highest BCUT2D eigenvalue weighted by atomic mass is 16.4. The quantitative estimate of drug-likeness (QED) is 0.725. The van der Waals surface area contributed by atoms with Gasteiger partial charge in [0.2, 0.25) is 11.8 Å². The molecule has 1 aromatic rings. The second-order valence-electron chi connectivity index (χ2n) is 3.40.